The summed E-state index contributed by atoms with van der Waals surface area (Å²) in [5.74, 6) is -0.443. The number of halogens is 4. The van der Waals surface area contributed by atoms with Crippen LogP contribution < -0.4 is 16.4 Å². The molecule has 2 N–H and O–H groups in total. The number of hydrazine groups is 1. The molecule has 0 bridgehead atoms. The molecule has 5 aromatic rings. The van der Waals surface area contributed by atoms with Crippen molar-refractivity contribution in [3.05, 3.63) is 140 Å². The van der Waals surface area contributed by atoms with Crippen molar-refractivity contribution < 1.29 is 22.8 Å². The minimum atomic E-state index is -4.59. The number of rotatable bonds is 9. The van der Waals surface area contributed by atoms with Gasteiger partial charge in [0.05, 0.1) is 23.1 Å². The molecule has 0 saturated heterocycles. The van der Waals surface area contributed by atoms with Crippen LogP contribution in [0.15, 0.2) is 107 Å². The van der Waals surface area contributed by atoms with Crippen molar-refractivity contribution in [2.24, 2.45) is 0 Å². The molecule has 12 heteroatoms. The lowest BCUT2D eigenvalue weighted by molar-refractivity contribution is -0.137. The number of aromatic nitrogens is 2. The Hall–Kier alpha value is -4.61. The molecular formula is C33H26ClF3N4O3S. The zero-order valence-corrected chi connectivity index (χ0v) is 25.2. The number of amides is 2. The van der Waals surface area contributed by atoms with Gasteiger partial charge in [-0.15, -0.1) is 11.8 Å². The smallest absolute Gasteiger partial charge is 0.301 e. The Morgan fingerprint density at radius 3 is 2.27 bits per heavy atom. The van der Waals surface area contributed by atoms with Gasteiger partial charge in [-0.3, -0.25) is 25.2 Å². The highest BCUT2D eigenvalue weighted by Gasteiger charge is 2.31. The molecule has 4 aromatic carbocycles. The van der Waals surface area contributed by atoms with E-state index >= 15 is 0 Å². The molecule has 5 rings (SSSR count). The third-order valence-corrected chi connectivity index (χ3v) is 8.20. The van der Waals surface area contributed by atoms with Crippen molar-refractivity contribution in [3.63, 3.8) is 0 Å². The molecule has 0 spiro atoms. The molecule has 7 nitrogen and oxygen atoms in total. The second-order valence-corrected chi connectivity index (χ2v) is 11.6. The molecule has 1 aromatic heterocycles. The van der Waals surface area contributed by atoms with E-state index in [4.69, 9.17) is 11.6 Å². The Morgan fingerprint density at radius 1 is 0.867 bits per heavy atom. The summed E-state index contributed by atoms with van der Waals surface area (Å²) in [6, 6.07) is 26.4. The first-order valence-corrected chi connectivity index (χ1v) is 15.1. The van der Waals surface area contributed by atoms with Crippen LogP contribution in [0.2, 0.25) is 5.02 Å². The number of aryl methyl sites for hydroxylation is 1. The molecule has 0 radical (unpaired) electrons. The highest BCUT2D eigenvalue weighted by Crippen LogP contribution is 2.31. The Bertz CT molecular complexity index is 1880. The van der Waals surface area contributed by atoms with Gasteiger partial charge in [0.1, 0.15) is 5.69 Å². The van der Waals surface area contributed by atoms with Crippen LogP contribution >= 0.6 is 23.4 Å². The van der Waals surface area contributed by atoms with Crippen LogP contribution in [0.4, 0.5) is 13.2 Å². The first-order chi connectivity index (χ1) is 21.6. The van der Waals surface area contributed by atoms with E-state index in [1.165, 1.54) is 10.6 Å². The van der Waals surface area contributed by atoms with E-state index in [2.05, 4.69) is 15.8 Å². The third-order valence-electron chi connectivity index (χ3n) is 6.86. The van der Waals surface area contributed by atoms with E-state index < -0.39 is 29.1 Å². The van der Waals surface area contributed by atoms with Crippen molar-refractivity contribution >= 4 is 46.2 Å². The minimum absolute atomic E-state index is 0.0147. The number of carbonyl (C=O) groups excluding carboxylic acids is 2. The average Bonchev–Trinajstić information content (AvgIpc) is 3.04. The largest absolute Gasteiger partial charge is 0.416 e. The molecule has 45 heavy (non-hydrogen) atoms. The van der Waals surface area contributed by atoms with E-state index in [0.717, 1.165) is 28.2 Å². The van der Waals surface area contributed by atoms with Gasteiger partial charge in [-0.1, -0.05) is 54.1 Å². The van der Waals surface area contributed by atoms with E-state index in [9.17, 15) is 27.6 Å². The number of fused-ring (bicyclic) bond motifs is 1. The van der Waals surface area contributed by atoms with Gasteiger partial charge >= 0.3 is 6.18 Å². The number of alkyl halides is 3. The number of nitrogens with one attached hydrogen (secondary N) is 2. The van der Waals surface area contributed by atoms with Gasteiger partial charge in [0.25, 0.3) is 11.5 Å². The monoisotopic (exact) mass is 650 g/mol. The predicted molar refractivity (Wildman–Crippen MR) is 168 cm³/mol. The maximum atomic E-state index is 13.4. The second kappa shape index (κ2) is 14.0. The summed E-state index contributed by atoms with van der Waals surface area (Å²) in [5.41, 5.74) is 5.51. The average molecular weight is 651 g/mol. The number of hydrogen-bond acceptors (Lipinski definition) is 5. The SMILES string of the molecule is O=C(CCc1nc2cc(C(F)(F)F)ccc2n(Cc2ccccc2)c1=O)NNC(=O)c1ccc(CSc2ccc(Cl)cc2)cc1. The Labute approximate surface area is 265 Å². The van der Waals surface area contributed by atoms with Crippen LogP contribution in [-0.4, -0.2) is 21.4 Å². The van der Waals surface area contributed by atoms with Crippen molar-refractivity contribution in [2.75, 3.05) is 0 Å². The van der Waals surface area contributed by atoms with Crippen molar-refractivity contribution in [3.8, 4) is 0 Å². The highest BCUT2D eigenvalue weighted by molar-refractivity contribution is 7.98. The van der Waals surface area contributed by atoms with Crippen LogP contribution in [0.25, 0.3) is 11.0 Å². The van der Waals surface area contributed by atoms with Gasteiger partial charge in [-0.05, 0) is 65.7 Å². The van der Waals surface area contributed by atoms with Gasteiger partial charge in [0.2, 0.25) is 5.91 Å². The fourth-order valence-corrected chi connectivity index (χ4v) is 5.48. The number of hydrogen-bond donors (Lipinski definition) is 2. The van der Waals surface area contributed by atoms with Crippen molar-refractivity contribution in [1.29, 1.82) is 0 Å². The van der Waals surface area contributed by atoms with Gasteiger partial charge in [0.15, 0.2) is 0 Å². The molecule has 0 aliphatic carbocycles. The van der Waals surface area contributed by atoms with Crippen LogP contribution in [0.3, 0.4) is 0 Å². The second-order valence-electron chi connectivity index (χ2n) is 10.1. The lowest BCUT2D eigenvalue weighted by Gasteiger charge is -2.14. The molecule has 230 valence electrons. The third kappa shape index (κ3) is 8.31. The first kappa shape index (κ1) is 31.8. The lowest BCUT2D eigenvalue weighted by atomic mass is 10.1. The summed E-state index contributed by atoms with van der Waals surface area (Å²) in [5, 5.41) is 0.664. The number of benzene rings is 4. The molecule has 0 aliphatic rings. The summed E-state index contributed by atoms with van der Waals surface area (Å²) in [6.07, 6.45) is -4.98. The highest BCUT2D eigenvalue weighted by atomic mass is 35.5. The van der Waals surface area contributed by atoms with Crippen LogP contribution in [0, 0.1) is 0 Å². The molecule has 0 saturated carbocycles. The standard InChI is InChI=1S/C33H26ClF3N4O3S/c34-25-11-13-26(14-12-25)45-20-22-6-8-23(9-7-22)31(43)40-39-30(42)17-15-27-32(44)41(19-21-4-2-1-3-5-21)29-16-10-24(33(35,36)37)18-28(29)38-27/h1-14,16,18H,15,17,19-20H2,(H,39,42)(H,40,43). The molecule has 1 heterocycles. The van der Waals surface area contributed by atoms with Gasteiger partial charge in [-0.2, -0.15) is 13.2 Å². The predicted octanol–water partition coefficient (Wildman–Crippen LogP) is 6.80. The summed E-state index contributed by atoms with van der Waals surface area (Å²) in [4.78, 5) is 43.8. The molecule has 0 unspecified atom stereocenters. The normalized spacial score (nSPS) is 11.4. The quantitative estimate of drug-likeness (QED) is 0.135. The lowest BCUT2D eigenvalue weighted by Crippen LogP contribution is -2.42. The van der Waals surface area contributed by atoms with Gasteiger partial charge in [0, 0.05) is 34.1 Å². The van der Waals surface area contributed by atoms with Crippen LogP contribution in [0.5, 0.6) is 0 Å². The number of nitrogens with zero attached hydrogens (tertiary/aromatic N) is 2. The van der Waals surface area contributed by atoms with Crippen molar-refractivity contribution in [2.45, 2.75) is 36.2 Å². The maximum Gasteiger partial charge on any atom is 0.416 e. The Balaban J connectivity index is 1.22. The fourth-order valence-electron chi connectivity index (χ4n) is 4.50. The Morgan fingerprint density at radius 2 is 1.58 bits per heavy atom. The van der Waals surface area contributed by atoms with E-state index in [1.807, 2.05) is 42.5 Å². The molecule has 2 amide bonds. The molecule has 0 aliphatic heterocycles. The fraction of sp³-hybridized carbons (Fsp3) is 0.152. The minimum Gasteiger partial charge on any atom is -0.301 e. The van der Waals surface area contributed by atoms with E-state index in [0.29, 0.717) is 16.3 Å². The van der Waals surface area contributed by atoms with Gasteiger partial charge < -0.3 is 4.57 Å². The molecule has 0 fully saturated rings. The molecule has 0 atom stereocenters. The number of carbonyl (C=O) groups is 2. The van der Waals surface area contributed by atoms with E-state index in [1.54, 1.807) is 48.2 Å². The Kier molecular flexibility index (Phi) is 9.90. The summed E-state index contributed by atoms with van der Waals surface area (Å²) in [6.45, 7) is 0.109. The summed E-state index contributed by atoms with van der Waals surface area (Å²) >= 11 is 7.54. The van der Waals surface area contributed by atoms with Crippen molar-refractivity contribution in [1.82, 2.24) is 20.4 Å². The molecular weight excluding hydrogens is 625 g/mol. The summed E-state index contributed by atoms with van der Waals surface area (Å²) in [7, 11) is 0. The zero-order chi connectivity index (χ0) is 32.0. The zero-order valence-electron chi connectivity index (χ0n) is 23.6. The van der Waals surface area contributed by atoms with Crippen LogP contribution in [0.1, 0.15) is 39.2 Å². The summed E-state index contributed by atoms with van der Waals surface area (Å²) < 4.78 is 41.6. The van der Waals surface area contributed by atoms with E-state index in [-0.39, 0.29) is 36.1 Å². The first-order valence-electron chi connectivity index (χ1n) is 13.8. The topological polar surface area (TPSA) is 93.1 Å². The van der Waals surface area contributed by atoms with Crippen LogP contribution in [-0.2, 0) is 29.7 Å². The van der Waals surface area contributed by atoms with Gasteiger partial charge in [-0.25, -0.2) is 4.98 Å². The number of thioether (sulfide) groups is 1. The maximum absolute atomic E-state index is 13.4.